The van der Waals surface area contributed by atoms with Crippen LogP contribution in [0.15, 0.2) is 54.9 Å². The van der Waals surface area contributed by atoms with Crippen LogP contribution < -0.4 is 10.2 Å². The molecule has 1 aromatic carbocycles. The molecule has 1 aliphatic heterocycles. The van der Waals surface area contributed by atoms with E-state index in [4.69, 9.17) is 4.98 Å². The SMILES string of the molecule is Cc1cc(NCc2cccnc2)nc(N2c3ccccc3CC2C)n1. The number of fused-ring (bicyclic) bond motifs is 1. The number of rotatable bonds is 4. The summed E-state index contributed by atoms with van der Waals surface area (Å²) >= 11 is 0. The van der Waals surface area contributed by atoms with Crippen molar-refractivity contribution in [2.75, 3.05) is 10.2 Å². The predicted molar refractivity (Wildman–Crippen MR) is 100 cm³/mol. The molecule has 5 nitrogen and oxygen atoms in total. The molecule has 2 aromatic heterocycles. The second-order valence-corrected chi connectivity index (χ2v) is 6.46. The molecule has 0 fully saturated rings. The average Bonchev–Trinajstić information content (AvgIpc) is 2.96. The zero-order valence-corrected chi connectivity index (χ0v) is 14.5. The van der Waals surface area contributed by atoms with Crippen LogP contribution in [0, 0.1) is 6.92 Å². The van der Waals surface area contributed by atoms with Crippen molar-refractivity contribution < 1.29 is 0 Å². The molecule has 25 heavy (non-hydrogen) atoms. The lowest BCUT2D eigenvalue weighted by Gasteiger charge is -2.23. The second-order valence-electron chi connectivity index (χ2n) is 6.46. The third kappa shape index (κ3) is 3.18. The maximum Gasteiger partial charge on any atom is 0.232 e. The Hall–Kier alpha value is -2.95. The van der Waals surface area contributed by atoms with Gasteiger partial charge in [-0.1, -0.05) is 24.3 Å². The molecule has 0 bridgehead atoms. The van der Waals surface area contributed by atoms with Crippen molar-refractivity contribution >= 4 is 17.5 Å². The molecule has 1 unspecified atom stereocenters. The molecule has 3 aromatic rings. The summed E-state index contributed by atoms with van der Waals surface area (Å²) in [6, 6.07) is 14.8. The number of para-hydroxylation sites is 1. The van der Waals surface area contributed by atoms with Gasteiger partial charge in [0.15, 0.2) is 0 Å². The maximum atomic E-state index is 4.76. The summed E-state index contributed by atoms with van der Waals surface area (Å²) in [7, 11) is 0. The Kier molecular flexibility index (Phi) is 4.06. The van der Waals surface area contributed by atoms with Gasteiger partial charge in [-0.3, -0.25) is 4.98 Å². The van der Waals surface area contributed by atoms with E-state index in [-0.39, 0.29) is 0 Å². The number of anilines is 3. The van der Waals surface area contributed by atoms with Crippen LogP contribution in [-0.4, -0.2) is 21.0 Å². The Morgan fingerprint density at radius 2 is 2.04 bits per heavy atom. The van der Waals surface area contributed by atoms with E-state index in [9.17, 15) is 0 Å². The lowest BCUT2D eigenvalue weighted by atomic mass is 10.1. The molecule has 1 atom stereocenters. The van der Waals surface area contributed by atoms with Gasteiger partial charge >= 0.3 is 0 Å². The van der Waals surface area contributed by atoms with E-state index in [0.29, 0.717) is 12.6 Å². The molecular weight excluding hydrogens is 310 g/mol. The highest BCUT2D eigenvalue weighted by atomic mass is 15.3. The first-order chi connectivity index (χ1) is 12.2. The lowest BCUT2D eigenvalue weighted by molar-refractivity contribution is 0.738. The molecule has 3 heterocycles. The number of hydrogen-bond donors (Lipinski definition) is 1. The van der Waals surface area contributed by atoms with Crippen LogP contribution in [0.2, 0.25) is 0 Å². The first kappa shape index (κ1) is 15.6. The van der Waals surface area contributed by atoms with Gasteiger partial charge in [-0.05, 0) is 43.5 Å². The van der Waals surface area contributed by atoms with Crippen molar-refractivity contribution in [2.24, 2.45) is 0 Å². The van der Waals surface area contributed by atoms with Crippen LogP contribution in [0.1, 0.15) is 23.7 Å². The van der Waals surface area contributed by atoms with E-state index in [1.807, 2.05) is 31.3 Å². The van der Waals surface area contributed by atoms with Crippen molar-refractivity contribution in [3.05, 3.63) is 71.7 Å². The number of nitrogens with zero attached hydrogens (tertiary/aromatic N) is 4. The van der Waals surface area contributed by atoms with Crippen LogP contribution in [0.5, 0.6) is 0 Å². The quantitative estimate of drug-likeness (QED) is 0.786. The molecule has 0 saturated carbocycles. The predicted octanol–water partition coefficient (Wildman–Crippen LogP) is 3.87. The zero-order chi connectivity index (χ0) is 17.2. The Labute approximate surface area is 147 Å². The first-order valence-electron chi connectivity index (χ1n) is 8.56. The Morgan fingerprint density at radius 1 is 1.16 bits per heavy atom. The molecule has 1 aliphatic rings. The number of nitrogens with one attached hydrogen (secondary N) is 1. The molecular formula is C20H21N5. The number of aryl methyl sites for hydroxylation is 1. The molecule has 1 N–H and O–H groups in total. The molecule has 0 aliphatic carbocycles. The fraction of sp³-hybridized carbons (Fsp3) is 0.250. The van der Waals surface area contributed by atoms with Gasteiger partial charge in [0, 0.05) is 42.4 Å². The summed E-state index contributed by atoms with van der Waals surface area (Å²) in [6.07, 6.45) is 4.66. The van der Waals surface area contributed by atoms with Gasteiger partial charge in [0.25, 0.3) is 0 Å². The largest absolute Gasteiger partial charge is 0.366 e. The highest BCUT2D eigenvalue weighted by Gasteiger charge is 2.28. The van der Waals surface area contributed by atoms with Gasteiger partial charge in [-0.25, -0.2) is 4.98 Å². The molecule has 0 spiro atoms. The van der Waals surface area contributed by atoms with Gasteiger partial charge in [0.05, 0.1) is 0 Å². The minimum absolute atomic E-state index is 0.352. The van der Waals surface area contributed by atoms with Gasteiger partial charge in [0.2, 0.25) is 5.95 Å². The standard InChI is InChI=1S/C20H21N5/c1-14-10-19(22-13-16-6-5-9-21-12-16)24-20(23-14)25-15(2)11-17-7-3-4-8-18(17)25/h3-10,12,15H,11,13H2,1-2H3,(H,22,23,24). The van der Waals surface area contributed by atoms with Crippen molar-refractivity contribution in [2.45, 2.75) is 32.9 Å². The Balaban J connectivity index is 1.62. The van der Waals surface area contributed by atoms with Crippen LogP contribution in [-0.2, 0) is 13.0 Å². The minimum atomic E-state index is 0.352. The zero-order valence-electron chi connectivity index (χ0n) is 14.5. The monoisotopic (exact) mass is 331 g/mol. The normalized spacial score (nSPS) is 15.9. The van der Waals surface area contributed by atoms with Crippen LogP contribution in [0.25, 0.3) is 0 Å². The minimum Gasteiger partial charge on any atom is -0.366 e. The highest BCUT2D eigenvalue weighted by Crippen LogP contribution is 2.36. The summed E-state index contributed by atoms with van der Waals surface area (Å²) in [5, 5.41) is 3.39. The van der Waals surface area contributed by atoms with Crippen LogP contribution >= 0.6 is 0 Å². The van der Waals surface area contributed by atoms with Crippen molar-refractivity contribution in [3.8, 4) is 0 Å². The summed E-state index contributed by atoms with van der Waals surface area (Å²) < 4.78 is 0. The third-order valence-corrected chi connectivity index (χ3v) is 4.46. The van der Waals surface area contributed by atoms with E-state index in [1.54, 1.807) is 6.20 Å². The summed E-state index contributed by atoms with van der Waals surface area (Å²) in [5.41, 5.74) is 4.64. The van der Waals surface area contributed by atoms with Gasteiger partial charge in [-0.15, -0.1) is 0 Å². The highest BCUT2D eigenvalue weighted by molar-refractivity contribution is 5.67. The lowest BCUT2D eigenvalue weighted by Crippen LogP contribution is -2.26. The number of aromatic nitrogens is 3. The van der Waals surface area contributed by atoms with Crippen molar-refractivity contribution in [1.82, 2.24) is 15.0 Å². The van der Waals surface area contributed by atoms with Crippen molar-refractivity contribution in [3.63, 3.8) is 0 Å². The van der Waals surface area contributed by atoms with Crippen molar-refractivity contribution in [1.29, 1.82) is 0 Å². The fourth-order valence-corrected chi connectivity index (χ4v) is 3.32. The van der Waals surface area contributed by atoms with E-state index in [0.717, 1.165) is 29.4 Å². The van der Waals surface area contributed by atoms with Crippen LogP contribution in [0.4, 0.5) is 17.5 Å². The topological polar surface area (TPSA) is 53.9 Å². The second kappa shape index (κ2) is 6.51. The van der Waals surface area contributed by atoms with Gasteiger partial charge < -0.3 is 10.2 Å². The first-order valence-corrected chi connectivity index (χ1v) is 8.56. The van der Waals surface area contributed by atoms with E-state index in [2.05, 4.69) is 51.4 Å². The fourth-order valence-electron chi connectivity index (χ4n) is 3.32. The number of benzene rings is 1. The molecule has 0 saturated heterocycles. The average molecular weight is 331 g/mol. The molecule has 5 heteroatoms. The van der Waals surface area contributed by atoms with Crippen LogP contribution in [0.3, 0.4) is 0 Å². The smallest absolute Gasteiger partial charge is 0.232 e. The van der Waals surface area contributed by atoms with Gasteiger partial charge in [-0.2, -0.15) is 4.98 Å². The van der Waals surface area contributed by atoms with E-state index >= 15 is 0 Å². The number of hydrogen-bond acceptors (Lipinski definition) is 5. The summed E-state index contributed by atoms with van der Waals surface area (Å²) in [6.45, 7) is 4.91. The number of pyridine rings is 1. The van der Waals surface area contributed by atoms with E-state index < -0.39 is 0 Å². The Bertz CT molecular complexity index is 878. The molecule has 0 radical (unpaired) electrons. The maximum absolute atomic E-state index is 4.76. The van der Waals surface area contributed by atoms with Gasteiger partial charge in [0.1, 0.15) is 5.82 Å². The third-order valence-electron chi connectivity index (χ3n) is 4.46. The molecule has 0 amide bonds. The summed E-state index contributed by atoms with van der Waals surface area (Å²) in [4.78, 5) is 15.8. The van der Waals surface area contributed by atoms with E-state index in [1.165, 1.54) is 11.3 Å². The molecule has 4 rings (SSSR count). The Morgan fingerprint density at radius 3 is 2.88 bits per heavy atom. The summed E-state index contributed by atoms with van der Waals surface area (Å²) in [5.74, 6) is 1.59. The molecule has 126 valence electrons.